The standard InChI is InChI=1S/C9H7ClFN5O2/c1-18-9-14-8(15-16-9)13-7(17)5-2-4(11)3-12-6(5)10/h2-3H,1H3,(H2,13,14,15,16,17). The van der Waals surface area contributed by atoms with E-state index in [9.17, 15) is 9.18 Å². The molecule has 0 atom stereocenters. The van der Waals surface area contributed by atoms with Crippen LogP contribution in [0.3, 0.4) is 0 Å². The molecule has 18 heavy (non-hydrogen) atoms. The number of hydrogen-bond acceptors (Lipinski definition) is 5. The zero-order valence-corrected chi connectivity index (χ0v) is 9.82. The molecule has 2 N–H and O–H groups in total. The van der Waals surface area contributed by atoms with Crippen LogP contribution in [0.15, 0.2) is 12.3 Å². The lowest BCUT2D eigenvalue weighted by Crippen LogP contribution is -2.14. The summed E-state index contributed by atoms with van der Waals surface area (Å²) in [5, 5.41) is 8.27. The summed E-state index contributed by atoms with van der Waals surface area (Å²) in [5.74, 6) is -1.28. The highest BCUT2D eigenvalue weighted by atomic mass is 35.5. The van der Waals surface area contributed by atoms with Gasteiger partial charge < -0.3 is 4.74 Å². The van der Waals surface area contributed by atoms with E-state index in [4.69, 9.17) is 16.3 Å². The lowest BCUT2D eigenvalue weighted by Gasteiger charge is -2.02. The Balaban J connectivity index is 2.19. The van der Waals surface area contributed by atoms with Crippen LogP contribution in [0.5, 0.6) is 6.01 Å². The van der Waals surface area contributed by atoms with Crippen molar-refractivity contribution in [2.75, 3.05) is 12.4 Å². The number of hydrogen-bond donors (Lipinski definition) is 2. The number of nitrogens with one attached hydrogen (secondary N) is 2. The molecule has 1 amide bonds. The molecule has 9 heteroatoms. The van der Waals surface area contributed by atoms with Crippen LogP contribution in [0, 0.1) is 5.82 Å². The predicted molar refractivity (Wildman–Crippen MR) is 60.1 cm³/mol. The van der Waals surface area contributed by atoms with Crippen molar-refractivity contribution >= 4 is 23.5 Å². The van der Waals surface area contributed by atoms with E-state index in [0.29, 0.717) is 0 Å². The van der Waals surface area contributed by atoms with Crippen LogP contribution in [0.2, 0.25) is 5.15 Å². The fourth-order valence-electron chi connectivity index (χ4n) is 1.15. The highest BCUT2D eigenvalue weighted by molar-refractivity contribution is 6.33. The number of anilines is 1. The molecule has 2 aromatic rings. The second-order valence-electron chi connectivity index (χ2n) is 3.12. The van der Waals surface area contributed by atoms with Gasteiger partial charge in [0.25, 0.3) is 5.91 Å². The average Bonchev–Trinajstić information content (AvgIpc) is 2.80. The molecule has 2 rings (SSSR count). The van der Waals surface area contributed by atoms with E-state index in [1.54, 1.807) is 0 Å². The highest BCUT2D eigenvalue weighted by Crippen LogP contribution is 2.15. The minimum absolute atomic E-state index is 0.0529. The number of halogens is 2. The largest absolute Gasteiger partial charge is 0.466 e. The summed E-state index contributed by atoms with van der Waals surface area (Å²) >= 11 is 5.68. The maximum absolute atomic E-state index is 12.9. The van der Waals surface area contributed by atoms with Gasteiger partial charge in [0.15, 0.2) is 0 Å². The van der Waals surface area contributed by atoms with Gasteiger partial charge >= 0.3 is 6.01 Å². The molecule has 0 saturated heterocycles. The fourth-order valence-corrected chi connectivity index (χ4v) is 1.34. The predicted octanol–water partition coefficient (Wildman–Crippen LogP) is 1.25. The lowest BCUT2D eigenvalue weighted by molar-refractivity contribution is 0.102. The number of nitrogens with zero attached hydrogens (tertiary/aromatic N) is 3. The van der Waals surface area contributed by atoms with Crippen molar-refractivity contribution < 1.29 is 13.9 Å². The van der Waals surface area contributed by atoms with Crippen LogP contribution >= 0.6 is 11.6 Å². The third-order valence-electron chi connectivity index (χ3n) is 1.93. The Hall–Kier alpha value is -2.22. The number of carbonyl (C=O) groups is 1. The van der Waals surface area contributed by atoms with Crippen molar-refractivity contribution in [3.8, 4) is 6.01 Å². The molecule has 0 fully saturated rings. The first kappa shape index (κ1) is 12.2. The van der Waals surface area contributed by atoms with Crippen LogP contribution in [-0.4, -0.2) is 33.2 Å². The van der Waals surface area contributed by atoms with Crippen molar-refractivity contribution in [2.45, 2.75) is 0 Å². The van der Waals surface area contributed by atoms with Crippen molar-refractivity contribution in [3.63, 3.8) is 0 Å². The van der Waals surface area contributed by atoms with Crippen LogP contribution in [-0.2, 0) is 0 Å². The highest BCUT2D eigenvalue weighted by Gasteiger charge is 2.14. The van der Waals surface area contributed by atoms with Gasteiger partial charge in [-0.3, -0.25) is 10.1 Å². The zero-order chi connectivity index (χ0) is 13.1. The molecule has 0 saturated carbocycles. The topological polar surface area (TPSA) is 92.8 Å². The van der Waals surface area contributed by atoms with E-state index >= 15 is 0 Å². The van der Waals surface area contributed by atoms with Gasteiger partial charge in [-0.05, 0) is 6.07 Å². The van der Waals surface area contributed by atoms with Crippen molar-refractivity contribution in [3.05, 3.63) is 28.8 Å². The molecule has 0 aliphatic rings. The smallest absolute Gasteiger partial charge is 0.336 e. The number of aromatic amines is 1. The second kappa shape index (κ2) is 4.96. The quantitative estimate of drug-likeness (QED) is 0.820. The molecule has 0 aromatic carbocycles. The molecule has 0 radical (unpaired) electrons. The molecule has 0 aliphatic heterocycles. The van der Waals surface area contributed by atoms with Gasteiger partial charge in [0, 0.05) is 0 Å². The summed E-state index contributed by atoms with van der Waals surface area (Å²) in [4.78, 5) is 19.0. The zero-order valence-electron chi connectivity index (χ0n) is 9.07. The molecule has 2 heterocycles. The first-order chi connectivity index (χ1) is 8.60. The van der Waals surface area contributed by atoms with Gasteiger partial charge in [0.2, 0.25) is 5.95 Å². The number of aromatic nitrogens is 4. The number of amides is 1. The Bertz CT molecular complexity index is 588. The minimum atomic E-state index is -0.667. The number of carbonyl (C=O) groups excluding carboxylic acids is 1. The third kappa shape index (κ3) is 2.54. The van der Waals surface area contributed by atoms with E-state index in [0.717, 1.165) is 12.3 Å². The van der Waals surface area contributed by atoms with Gasteiger partial charge in [-0.1, -0.05) is 11.6 Å². The Morgan fingerprint density at radius 1 is 1.61 bits per heavy atom. The summed E-state index contributed by atoms with van der Waals surface area (Å²) in [6, 6.07) is 1.03. The van der Waals surface area contributed by atoms with Crippen LogP contribution < -0.4 is 10.1 Å². The molecule has 0 bridgehead atoms. The molecule has 0 unspecified atom stereocenters. The SMILES string of the molecule is COc1n[nH]c(NC(=O)c2cc(F)cnc2Cl)n1. The van der Waals surface area contributed by atoms with Gasteiger partial charge in [-0.2, -0.15) is 4.98 Å². The number of H-pyrrole nitrogens is 1. The van der Waals surface area contributed by atoms with Gasteiger partial charge in [0.1, 0.15) is 11.0 Å². The second-order valence-corrected chi connectivity index (χ2v) is 3.47. The molecular formula is C9H7ClFN5O2. The van der Waals surface area contributed by atoms with Crippen molar-refractivity contribution in [1.82, 2.24) is 20.2 Å². The maximum atomic E-state index is 12.9. The van der Waals surface area contributed by atoms with E-state index in [2.05, 4.69) is 25.5 Å². The molecule has 0 spiro atoms. The minimum Gasteiger partial charge on any atom is -0.466 e. The van der Waals surface area contributed by atoms with Gasteiger partial charge in [-0.15, -0.1) is 5.10 Å². The average molecular weight is 272 g/mol. The van der Waals surface area contributed by atoms with Gasteiger partial charge in [-0.25, -0.2) is 14.5 Å². The van der Waals surface area contributed by atoms with Crippen LogP contribution in [0.1, 0.15) is 10.4 Å². The van der Waals surface area contributed by atoms with Gasteiger partial charge in [0.05, 0.1) is 18.9 Å². The number of pyridine rings is 1. The first-order valence-electron chi connectivity index (χ1n) is 4.69. The molecule has 0 aliphatic carbocycles. The van der Waals surface area contributed by atoms with E-state index < -0.39 is 11.7 Å². The summed E-state index contributed by atoms with van der Waals surface area (Å²) in [6.07, 6.45) is 0.913. The fraction of sp³-hybridized carbons (Fsp3) is 0.111. The lowest BCUT2D eigenvalue weighted by atomic mass is 10.2. The number of ether oxygens (including phenoxy) is 1. The van der Waals surface area contributed by atoms with E-state index in [1.807, 2.05) is 0 Å². The molecular weight excluding hydrogens is 265 g/mol. The Morgan fingerprint density at radius 3 is 3.06 bits per heavy atom. The van der Waals surface area contributed by atoms with E-state index in [1.165, 1.54) is 7.11 Å². The maximum Gasteiger partial charge on any atom is 0.336 e. The first-order valence-corrected chi connectivity index (χ1v) is 5.06. The van der Waals surface area contributed by atoms with E-state index in [-0.39, 0.29) is 22.7 Å². The number of methoxy groups -OCH3 is 1. The normalized spacial score (nSPS) is 10.2. The monoisotopic (exact) mass is 271 g/mol. The summed E-state index contributed by atoms with van der Waals surface area (Å²) in [7, 11) is 1.38. The van der Waals surface area contributed by atoms with Crippen LogP contribution in [0.25, 0.3) is 0 Å². The van der Waals surface area contributed by atoms with Crippen molar-refractivity contribution in [1.29, 1.82) is 0 Å². The van der Waals surface area contributed by atoms with Crippen LogP contribution in [0.4, 0.5) is 10.3 Å². The summed E-state index contributed by atoms with van der Waals surface area (Å²) < 4.78 is 17.7. The Morgan fingerprint density at radius 2 is 2.39 bits per heavy atom. The summed E-state index contributed by atoms with van der Waals surface area (Å²) in [5.41, 5.74) is -0.105. The van der Waals surface area contributed by atoms with Crippen molar-refractivity contribution in [2.24, 2.45) is 0 Å². The third-order valence-corrected chi connectivity index (χ3v) is 2.23. The molecule has 2 aromatic heterocycles. The summed E-state index contributed by atoms with van der Waals surface area (Å²) in [6.45, 7) is 0. The molecule has 7 nitrogen and oxygen atoms in total. The number of rotatable bonds is 3. The molecule has 94 valence electrons. The Labute approximate surface area is 105 Å². The Kier molecular flexibility index (Phi) is 3.38.